The summed E-state index contributed by atoms with van der Waals surface area (Å²) in [5.41, 5.74) is 6.84. The van der Waals surface area contributed by atoms with Crippen LogP contribution in [0.4, 0.5) is 0 Å². The zero-order valence-electron chi connectivity index (χ0n) is 11.7. The van der Waals surface area contributed by atoms with Crippen LogP contribution in [-0.2, 0) is 0 Å². The summed E-state index contributed by atoms with van der Waals surface area (Å²) in [6.07, 6.45) is 6.07. The molecule has 3 heteroatoms. The molecule has 0 radical (unpaired) electrons. The molecule has 0 saturated heterocycles. The Morgan fingerprint density at radius 2 is 1.94 bits per heavy atom. The molecule has 0 aromatic heterocycles. The molecule has 0 spiro atoms. The van der Waals surface area contributed by atoms with E-state index >= 15 is 0 Å². The van der Waals surface area contributed by atoms with Crippen molar-refractivity contribution in [3.8, 4) is 11.5 Å². The summed E-state index contributed by atoms with van der Waals surface area (Å²) in [5, 5.41) is 0. The summed E-state index contributed by atoms with van der Waals surface area (Å²) < 4.78 is 10.5. The minimum absolute atomic E-state index is 0.122. The van der Waals surface area contributed by atoms with Crippen molar-refractivity contribution in [2.75, 3.05) is 14.2 Å². The fraction of sp³-hybridized carbons (Fsp3) is 0.467. The molecular formula is C15H23NO2. The fourth-order valence-corrected chi connectivity index (χ4v) is 1.64. The number of methoxy groups -OCH3 is 2. The Labute approximate surface area is 110 Å². The molecule has 1 rings (SSSR count). The van der Waals surface area contributed by atoms with Crippen molar-refractivity contribution in [2.24, 2.45) is 5.73 Å². The van der Waals surface area contributed by atoms with Gasteiger partial charge in [0.15, 0.2) is 0 Å². The lowest BCUT2D eigenvalue weighted by Gasteiger charge is -2.16. The summed E-state index contributed by atoms with van der Waals surface area (Å²) >= 11 is 0. The van der Waals surface area contributed by atoms with Crippen LogP contribution in [0.15, 0.2) is 24.3 Å². The van der Waals surface area contributed by atoms with Gasteiger partial charge in [-0.25, -0.2) is 0 Å². The van der Waals surface area contributed by atoms with Gasteiger partial charge in [-0.2, -0.15) is 0 Å². The number of nitrogens with two attached hydrogens (primary N) is 1. The first-order valence-electron chi connectivity index (χ1n) is 6.14. The van der Waals surface area contributed by atoms with Crippen molar-refractivity contribution in [3.05, 3.63) is 29.8 Å². The van der Waals surface area contributed by atoms with E-state index in [1.807, 2.05) is 38.1 Å². The zero-order valence-corrected chi connectivity index (χ0v) is 11.7. The van der Waals surface area contributed by atoms with Gasteiger partial charge in [0, 0.05) is 11.1 Å². The highest BCUT2D eigenvalue weighted by molar-refractivity contribution is 5.59. The number of hydrogen-bond donors (Lipinski definition) is 1. The Kier molecular flexibility index (Phi) is 5.23. The van der Waals surface area contributed by atoms with Gasteiger partial charge < -0.3 is 15.2 Å². The highest BCUT2D eigenvalue weighted by Gasteiger charge is 2.08. The maximum Gasteiger partial charge on any atom is 0.126 e. The molecule has 1 aromatic carbocycles. The van der Waals surface area contributed by atoms with Crippen LogP contribution in [-0.4, -0.2) is 19.8 Å². The Morgan fingerprint density at radius 3 is 2.50 bits per heavy atom. The number of hydrogen-bond acceptors (Lipinski definition) is 3. The van der Waals surface area contributed by atoms with Gasteiger partial charge >= 0.3 is 0 Å². The van der Waals surface area contributed by atoms with E-state index in [-0.39, 0.29) is 5.54 Å². The van der Waals surface area contributed by atoms with Crippen molar-refractivity contribution in [2.45, 2.75) is 32.2 Å². The van der Waals surface area contributed by atoms with Gasteiger partial charge in [0.2, 0.25) is 0 Å². The summed E-state index contributed by atoms with van der Waals surface area (Å²) in [6.45, 7) is 4.07. The number of allylic oxidation sites excluding steroid dienone is 1. The standard InChI is InChI=1S/C15H23NO2/c1-15(2,16)10-6-5-7-12-11-13(17-3)8-9-14(12)18-4/h5,7-9,11H,6,10,16H2,1-4H3/b7-5+. The predicted octanol–water partition coefficient (Wildman–Crippen LogP) is 3.23. The minimum atomic E-state index is -0.122. The highest BCUT2D eigenvalue weighted by atomic mass is 16.5. The van der Waals surface area contributed by atoms with E-state index in [4.69, 9.17) is 15.2 Å². The summed E-state index contributed by atoms with van der Waals surface area (Å²) in [7, 11) is 3.33. The molecule has 0 saturated carbocycles. The van der Waals surface area contributed by atoms with Crippen LogP contribution >= 0.6 is 0 Å². The third-order valence-corrected chi connectivity index (χ3v) is 2.69. The Morgan fingerprint density at radius 1 is 1.22 bits per heavy atom. The van der Waals surface area contributed by atoms with Crippen molar-refractivity contribution in [1.82, 2.24) is 0 Å². The van der Waals surface area contributed by atoms with Gasteiger partial charge in [-0.3, -0.25) is 0 Å². The Hall–Kier alpha value is -1.48. The molecule has 0 aliphatic carbocycles. The summed E-state index contributed by atoms with van der Waals surface area (Å²) in [5.74, 6) is 1.67. The Bertz CT molecular complexity index is 405. The van der Waals surface area contributed by atoms with Crippen molar-refractivity contribution < 1.29 is 9.47 Å². The van der Waals surface area contributed by atoms with Gasteiger partial charge in [-0.15, -0.1) is 0 Å². The molecule has 0 fully saturated rings. The van der Waals surface area contributed by atoms with Crippen LogP contribution in [0.25, 0.3) is 6.08 Å². The first kappa shape index (κ1) is 14.6. The van der Waals surface area contributed by atoms with Crippen LogP contribution in [0.1, 0.15) is 32.3 Å². The van der Waals surface area contributed by atoms with Gasteiger partial charge in [0.25, 0.3) is 0 Å². The van der Waals surface area contributed by atoms with Gasteiger partial charge in [-0.1, -0.05) is 12.2 Å². The number of ether oxygens (including phenoxy) is 2. The molecular weight excluding hydrogens is 226 g/mol. The van der Waals surface area contributed by atoms with Gasteiger partial charge in [-0.05, 0) is 44.9 Å². The van der Waals surface area contributed by atoms with Crippen molar-refractivity contribution >= 4 is 6.08 Å². The SMILES string of the molecule is COc1ccc(OC)c(/C=C/CCC(C)(C)N)c1. The lowest BCUT2D eigenvalue weighted by Crippen LogP contribution is -2.31. The number of rotatable bonds is 6. The van der Waals surface area contributed by atoms with E-state index in [2.05, 4.69) is 6.08 Å². The Balaban J connectivity index is 2.72. The van der Waals surface area contributed by atoms with Crippen LogP contribution in [0, 0.1) is 0 Å². The molecule has 0 bridgehead atoms. The van der Waals surface area contributed by atoms with E-state index in [1.54, 1.807) is 14.2 Å². The normalized spacial score (nSPS) is 11.8. The summed E-state index contributed by atoms with van der Waals surface area (Å²) in [6, 6.07) is 5.76. The smallest absolute Gasteiger partial charge is 0.126 e. The average molecular weight is 249 g/mol. The number of benzene rings is 1. The monoisotopic (exact) mass is 249 g/mol. The molecule has 100 valence electrons. The summed E-state index contributed by atoms with van der Waals surface area (Å²) in [4.78, 5) is 0. The topological polar surface area (TPSA) is 44.5 Å². The molecule has 0 atom stereocenters. The van der Waals surface area contributed by atoms with Crippen LogP contribution in [0.2, 0.25) is 0 Å². The largest absolute Gasteiger partial charge is 0.497 e. The first-order valence-corrected chi connectivity index (χ1v) is 6.14. The molecule has 0 aliphatic rings. The van der Waals surface area contributed by atoms with Crippen molar-refractivity contribution in [1.29, 1.82) is 0 Å². The molecule has 1 aromatic rings. The van der Waals surface area contributed by atoms with E-state index in [1.165, 1.54) is 0 Å². The second kappa shape index (κ2) is 6.45. The van der Waals surface area contributed by atoms with Gasteiger partial charge in [0.1, 0.15) is 11.5 Å². The van der Waals surface area contributed by atoms with Crippen molar-refractivity contribution in [3.63, 3.8) is 0 Å². The third kappa shape index (κ3) is 4.80. The third-order valence-electron chi connectivity index (χ3n) is 2.69. The molecule has 0 heterocycles. The highest BCUT2D eigenvalue weighted by Crippen LogP contribution is 2.25. The molecule has 0 aliphatic heterocycles. The lowest BCUT2D eigenvalue weighted by molar-refractivity contribution is 0.402. The van der Waals surface area contributed by atoms with E-state index < -0.39 is 0 Å². The second-order valence-electron chi connectivity index (χ2n) is 5.04. The maximum absolute atomic E-state index is 5.94. The fourth-order valence-electron chi connectivity index (χ4n) is 1.64. The zero-order chi connectivity index (χ0) is 13.6. The molecule has 0 unspecified atom stereocenters. The van der Waals surface area contributed by atoms with E-state index in [0.29, 0.717) is 0 Å². The van der Waals surface area contributed by atoms with E-state index in [9.17, 15) is 0 Å². The van der Waals surface area contributed by atoms with E-state index in [0.717, 1.165) is 29.9 Å². The molecule has 2 N–H and O–H groups in total. The minimum Gasteiger partial charge on any atom is -0.497 e. The van der Waals surface area contributed by atoms with Crippen LogP contribution < -0.4 is 15.2 Å². The molecule has 3 nitrogen and oxygen atoms in total. The van der Waals surface area contributed by atoms with Crippen LogP contribution in [0.5, 0.6) is 11.5 Å². The molecule has 18 heavy (non-hydrogen) atoms. The second-order valence-corrected chi connectivity index (χ2v) is 5.04. The lowest BCUT2D eigenvalue weighted by atomic mass is 10.00. The predicted molar refractivity (Wildman–Crippen MR) is 76.1 cm³/mol. The first-order chi connectivity index (χ1) is 8.46. The van der Waals surface area contributed by atoms with Gasteiger partial charge in [0.05, 0.1) is 14.2 Å². The maximum atomic E-state index is 5.94. The average Bonchev–Trinajstić information content (AvgIpc) is 2.33. The quantitative estimate of drug-likeness (QED) is 0.841. The molecule has 0 amide bonds. The van der Waals surface area contributed by atoms with Crippen LogP contribution in [0.3, 0.4) is 0 Å².